The number of rotatable bonds is 5. The van der Waals surface area contributed by atoms with E-state index in [0.29, 0.717) is 27.9 Å². The van der Waals surface area contributed by atoms with Crippen molar-refractivity contribution in [3.63, 3.8) is 0 Å². The highest BCUT2D eigenvalue weighted by atomic mass is 35.5. The fourth-order valence-electron chi connectivity index (χ4n) is 3.04. The van der Waals surface area contributed by atoms with Crippen molar-refractivity contribution in [1.82, 2.24) is 4.90 Å². The number of carbonyl (C=O) groups excluding carboxylic acids is 1. The summed E-state index contributed by atoms with van der Waals surface area (Å²) in [5.74, 6) is -0.253. The minimum Gasteiger partial charge on any atom is -0.422 e. The number of benzene rings is 2. The second-order valence-electron chi connectivity index (χ2n) is 6.79. The van der Waals surface area contributed by atoms with Gasteiger partial charge in [-0.2, -0.15) is 0 Å². The normalized spacial score (nSPS) is 11.2. The zero-order chi connectivity index (χ0) is 20.4. The van der Waals surface area contributed by atoms with Gasteiger partial charge in [-0.15, -0.1) is 0 Å². The fourth-order valence-corrected chi connectivity index (χ4v) is 3.54. The summed E-state index contributed by atoms with van der Waals surface area (Å²) >= 11 is 12.2. The van der Waals surface area contributed by atoms with Gasteiger partial charge in [-0.05, 0) is 49.7 Å². The molecule has 0 spiro atoms. The monoisotopic (exact) mass is 418 g/mol. The largest absolute Gasteiger partial charge is 0.422 e. The average molecular weight is 419 g/mol. The van der Waals surface area contributed by atoms with Crippen LogP contribution in [0.15, 0.2) is 45.6 Å². The van der Waals surface area contributed by atoms with Crippen LogP contribution in [-0.2, 0) is 11.3 Å². The third-order valence-electron chi connectivity index (χ3n) is 4.60. The van der Waals surface area contributed by atoms with Gasteiger partial charge in [-0.3, -0.25) is 9.69 Å². The Morgan fingerprint density at radius 3 is 2.50 bits per heavy atom. The molecule has 0 saturated heterocycles. The molecule has 0 aliphatic rings. The minimum absolute atomic E-state index is 0.105. The number of amides is 1. The molecule has 0 atom stereocenters. The Bertz CT molecular complexity index is 1090. The number of hydrogen-bond acceptors (Lipinski definition) is 4. The minimum atomic E-state index is -0.406. The van der Waals surface area contributed by atoms with Gasteiger partial charge in [0.05, 0.1) is 22.3 Å². The Balaban J connectivity index is 1.78. The van der Waals surface area contributed by atoms with Gasteiger partial charge >= 0.3 is 5.63 Å². The van der Waals surface area contributed by atoms with Crippen LogP contribution < -0.4 is 10.9 Å². The molecule has 0 aliphatic heterocycles. The molecule has 28 heavy (non-hydrogen) atoms. The van der Waals surface area contributed by atoms with E-state index >= 15 is 0 Å². The summed E-state index contributed by atoms with van der Waals surface area (Å²) in [7, 11) is 1.80. The summed E-state index contributed by atoms with van der Waals surface area (Å²) in [6.45, 7) is 4.41. The van der Waals surface area contributed by atoms with Crippen molar-refractivity contribution in [2.75, 3.05) is 18.9 Å². The number of carbonyl (C=O) groups is 1. The number of aryl methyl sites for hydroxylation is 2. The Morgan fingerprint density at radius 2 is 1.82 bits per heavy atom. The van der Waals surface area contributed by atoms with Crippen LogP contribution in [0.3, 0.4) is 0 Å². The Hall–Kier alpha value is -2.34. The van der Waals surface area contributed by atoms with Gasteiger partial charge in [-0.1, -0.05) is 41.4 Å². The van der Waals surface area contributed by atoms with Crippen molar-refractivity contribution < 1.29 is 9.21 Å². The van der Waals surface area contributed by atoms with E-state index in [1.165, 1.54) is 6.07 Å². The Kier molecular flexibility index (Phi) is 6.08. The molecule has 1 heterocycles. The van der Waals surface area contributed by atoms with E-state index in [1.54, 1.807) is 25.2 Å². The summed E-state index contributed by atoms with van der Waals surface area (Å²) in [5, 5.41) is 4.35. The lowest BCUT2D eigenvalue weighted by Gasteiger charge is -2.18. The lowest BCUT2D eigenvalue weighted by atomic mass is 10.0. The van der Waals surface area contributed by atoms with E-state index in [2.05, 4.69) is 5.32 Å². The lowest BCUT2D eigenvalue weighted by Crippen LogP contribution is -2.30. The highest BCUT2D eigenvalue weighted by Crippen LogP contribution is 2.29. The molecular weight excluding hydrogens is 399 g/mol. The van der Waals surface area contributed by atoms with E-state index < -0.39 is 5.63 Å². The van der Waals surface area contributed by atoms with Gasteiger partial charge in [0.25, 0.3) is 0 Å². The molecule has 1 aromatic heterocycles. The van der Waals surface area contributed by atoms with Crippen LogP contribution in [-0.4, -0.2) is 24.4 Å². The third-order valence-corrected chi connectivity index (χ3v) is 5.23. The number of nitrogens with zero attached hydrogens (tertiary/aromatic N) is 1. The maximum absolute atomic E-state index is 12.4. The molecule has 7 heteroatoms. The number of fused-ring (bicyclic) bond motifs is 1. The number of halogens is 2. The average Bonchev–Trinajstić information content (AvgIpc) is 2.61. The van der Waals surface area contributed by atoms with E-state index in [0.717, 1.165) is 22.1 Å². The first kappa shape index (κ1) is 20.4. The van der Waals surface area contributed by atoms with Crippen LogP contribution in [0.25, 0.3) is 11.0 Å². The van der Waals surface area contributed by atoms with Crippen LogP contribution in [0.1, 0.15) is 16.7 Å². The van der Waals surface area contributed by atoms with Crippen molar-refractivity contribution in [2.24, 2.45) is 0 Å². The van der Waals surface area contributed by atoms with Gasteiger partial charge in [-0.25, -0.2) is 4.79 Å². The van der Waals surface area contributed by atoms with Gasteiger partial charge in [0.1, 0.15) is 5.58 Å². The summed E-state index contributed by atoms with van der Waals surface area (Å²) in [6, 6.07) is 10.4. The molecular formula is C21H20Cl2N2O3. The van der Waals surface area contributed by atoms with Gasteiger partial charge in [0.2, 0.25) is 5.91 Å². The summed E-state index contributed by atoms with van der Waals surface area (Å²) in [6.07, 6.45) is 0. The van der Waals surface area contributed by atoms with Crippen molar-refractivity contribution in [2.45, 2.75) is 20.4 Å². The topological polar surface area (TPSA) is 62.6 Å². The van der Waals surface area contributed by atoms with Crippen molar-refractivity contribution in [3.05, 3.63) is 73.6 Å². The maximum atomic E-state index is 12.4. The number of para-hydroxylation sites is 1. The summed E-state index contributed by atoms with van der Waals surface area (Å²) < 4.78 is 5.40. The number of anilines is 1. The smallest absolute Gasteiger partial charge is 0.336 e. The molecule has 5 nitrogen and oxygen atoms in total. The van der Waals surface area contributed by atoms with E-state index in [4.69, 9.17) is 27.6 Å². The third kappa shape index (κ3) is 4.38. The van der Waals surface area contributed by atoms with Crippen molar-refractivity contribution in [1.29, 1.82) is 0 Å². The highest BCUT2D eigenvalue weighted by molar-refractivity contribution is 6.39. The van der Waals surface area contributed by atoms with Gasteiger partial charge in [0, 0.05) is 18.0 Å². The molecule has 2 aromatic carbocycles. The van der Waals surface area contributed by atoms with E-state index in [1.807, 2.05) is 30.9 Å². The molecule has 0 fully saturated rings. The van der Waals surface area contributed by atoms with E-state index in [-0.39, 0.29) is 12.5 Å². The van der Waals surface area contributed by atoms with Crippen LogP contribution in [0.5, 0.6) is 0 Å². The van der Waals surface area contributed by atoms with Crippen LogP contribution >= 0.6 is 23.2 Å². The molecule has 3 rings (SSSR count). The molecule has 0 aliphatic carbocycles. The maximum Gasteiger partial charge on any atom is 0.336 e. The first-order valence-electron chi connectivity index (χ1n) is 8.71. The lowest BCUT2D eigenvalue weighted by molar-refractivity contribution is -0.117. The first-order chi connectivity index (χ1) is 13.3. The highest BCUT2D eigenvalue weighted by Gasteiger charge is 2.15. The molecule has 0 unspecified atom stereocenters. The summed E-state index contributed by atoms with van der Waals surface area (Å²) in [4.78, 5) is 26.2. The fraction of sp³-hybridized carbons (Fsp3) is 0.238. The predicted octanol–water partition coefficient (Wildman–Crippen LogP) is 4.79. The second-order valence-corrected chi connectivity index (χ2v) is 7.61. The van der Waals surface area contributed by atoms with E-state index in [9.17, 15) is 9.59 Å². The van der Waals surface area contributed by atoms with Crippen LogP contribution in [0.2, 0.25) is 10.0 Å². The Labute approximate surface area is 172 Å². The zero-order valence-corrected chi connectivity index (χ0v) is 17.3. The molecule has 1 N–H and O–H groups in total. The quantitative estimate of drug-likeness (QED) is 0.605. The second kappa shape index (κ2) is 8.35. The van der Waals surface area contributed by atoms with Crippen molar-refractivity contribution in [3.8, 4) is 0 Å². The molecule has 0 bridgehead atoms. The summed E-state index contributed by atoms with van der Waals surface area (Å²) in [5.41, 5.74) is 3.36. The van der Waals surface area contributed by atoms with Crippen LogP contribution in [0.4, 0.5) is 5.69 Å². The van der Waals surface area contributed by atoms with Crippen LogP contribution in [0, 0.1) is 13.8 Å². The number of likely N-dealkylation sites (N-methyl/N-ethyl adjacent to an activating group) is 1. The molecule has 1 amide bonds. The molecule has 146 valence electrons. The number of hydrogen-bond donors (Lipinski definition) is 1. The van der Waals surface area contributed by atoms with Crippen molar-refractivity contribution >= 4 is 45.8 Å². The molecule has 3 aromatic rings. The first-order valence-corrected chi connectivity index (χ1v) is 9.47. The molecule has 0 radical (unpaired) electrons. The Morgan fingerprint density at radius 1 is 1.14 bits per heavy atom. The zero-order valence-electron chi connectivity index (χ0n) is 15.8. The van der Waals surface area contributed by atoms with Gasteiger partial charge < -0.3 is 9.73 Å². The predicted molar refractivity (Wildman–Crippen MR) is 113 cm³/mol. The molecule has 0 saturated carbocycles. The standard InChI is InChI=1S/C21H20Cl2N2O3/c1-12-7-8-15-14(9-19(27)28-21(15)13(12)2)10-25(3)11-18(26)24-20-16(22)5-4-6-17(20)23/h4-9H,10-11H2,1-3H3,(H,24,26). The van der Waals surface area contributed by atoms with Gasteiger partial charge in [0.15, 0.2) is 0 Å². The SMILES string of the molecule is Cc1ccc2c(CN(C)CC(=O)Nc3c(Cl)cccc3Cl)cc(=O)oc2c1C. The number of nitrogens with one attached hydrogen (secondary N) is 1.